The normalized spacial score (nSPS) is 28.0. The lowest BCUT2D eigenvalue weighted by atomic mass is 9.96. The fourth-order valence-electron chi connectivity index (χ4n) is 8.21. The molecule has 0 amide bonds. The van der Waals surface area contributed by atoms with Crippen LogP contribution in [0.3, 0.4) is 0 Å². The van der Waals surface area contributed by atoms with Crippen molar-refractivity contribution in [2.45, 2.75) is 132 Å². The maximum absolute atomic E-state index is 12.4. The number of benzene rings is 4. The molecule has 346 valence electrons. The second kappa shape index (κ2) is 25.8. The Kier molecular flexibility index (Phi) is 19.4. The number of rotatable bonds is 24. The van der Waals surface area contributed by atoms with E-state index in [0.29, 0.717) is 13.0 Å². The van der Waals surface area contributed by atoms with Gasteiger partial charge in [-0.15, -0.1) is 0 Å². The molecular formula is C50H61ClO13. The maximum atomic E-state index is 12.4. The molecule has 4 aromatic carbocycles. The van der Waals surface area contributed by atoms with Crippen molar-refractivity contribution in [2.75, 3.05) is 26.9 Å². The third-order valence-corrected chi connectivity index (χ3v) is 11.8. The van der Waals surface area contributed by atoms with Gasteiger partial charge >= 0.3 is 5.97 Å². The molecule has 64 heavy (non-hydrogen) atoms. The van der Waals surface area contributed by atoms with E-state index in [2.05, 4.69) is 0 Å². The monoisotopic (exact) mass is 904 g/mol. The minimum Gasteiger partial charge on any atom is -0.469 e. The van der Waals surface area contributed by atoms with E-state index in [9.17, 15) is 9.90 Å². The molecule has 0 spiro atoms. The van der Waals surface area contributed by atoms with Crippen molar-refractivity contribution in [2.24, 2.45) is 0 Å². The number of ether oxygens (including phenoxy) is 10. The number of halogens is 1. The molecule has 0 aliphatic carbocycles. The van der Waals surface area contributed by atoms with Gasteiger partial charge in [0.05, 0.1) is 52.0 Å². The Hall–Kier alpha value is -3.80. The van der Waals surface area contributed by atoms with Crippen LogP contribution in [-0.2, 0) is 76.3 Å². The van der Waals surface area contributed by atoms with E-state index in [1.165, 1.54) is 7.11 Å². The third kappa shape index (κ3) is 13.9. The summed E-state index contributed by atoms with van der Waals surface area (Å²) < 4.78 is 69.5. The summed E-state index contributed by atoms with van der Waals surface area (Å²) in [7, 11) is 1.41. The van der Waals surface area contributed by atoms with Crippen LogP contribution in [0.25, 0.3) is 0 Å². The van der Waals surface area contributed by atoms with Gasteiger partial charge in [0.1, 0.15) is 48.8 Å². The third-order valence-electron chi connectivity index (χ3n) is 11.6. The fourth-order valence-corrected chi connectivity index (χ4v) is 8.34. The summed E-state index contributed by atoms with van der Waals surface area (Å²) in [5.74, 6) is -0.187. The molecule has 3 heterocycles. The van der Waals surface area contributed by atoms with E-state index in [4.69, 9.17) is 63.5 Å². The van der Waals surface area contributed by atoms with Gasteiger partial charge in [0.2, 0.25) is 0 Å². The van der Waals surface area contributed by atoms with Crippen molar-refractivity contribution in [3.8, 4) is 0 Å². The molecule has 0 radical (unpaired) electrons. The van der Waals surface area contributed by atoms with Crippen LogP contribution in [0.5, 0.6) is 0 Å². The van der Waals surface area contributed by atoms with Gasteiger partial charge in [0.25, 0.3) is 0 Å². The van der Waals surface area contributed by atoms with Crippen molar-refractivity contribution >= 4 is 17.8 Å². The first-order valence-corrected chi connectivity index (χ1v) is 22.7. The number of fused-ring (bicyclic) bond motifs is 1. The van der Waals surface area contributed by atoms with E-state index in [1.54, 1.807) is 0 Å². The van der Waals surface area contributed by atoms with E-state index < -0.39 is 67.7 Å². The Morgan fingerprint density at radius 2 is 1.17 bits per heavy atom. The van der Waals surface area contributed by atoms with Gasteiger partial charge in [-0.3, -0.25) is 9.08 Å². The minimum atomic E-state index is -1.24. The standard InChI is InChI=1S/C50H61ClO13/c1-54-41(52)28-18-4-2-3-5-19-29-55-49-45(42(53)43-39(61-49)33-59-48(63-43)38-26-16-9-17-27-38)64-50-47(58-32-37-24-14-8-15-25-37)46(57-31-36-22-12-7-13-23-36)44(40(62-50)34-60-51)56-30-35-20-10-6-11-21-35/h6-17,20-27,39-40,42-50,53H,2-5,18-19,28-34H2,1H3/t39-,40-,42+,43-,44-,45-,46+,47-,48?,49+,50-/m1/s1. The molecule has 0 bridgehead atoms. The molecule has 0 saturated carbocycles. The molecule has 11 atom stereocenters. The van der Waals surface area contributed by atoms with Gasteiger partial charge in [-0.2, -0.15) is 0 Å². The van der Waals surface area contributed by atoms with Crippen LogP contribution in [0.4, 0.5) is 0 Å². The van der Waals surface area contributed by atoms with Gasteiger partial charge in [0.15, 0.2) is 18.9 Å². The summed E-state index contributed by atoms with van der Waals surface area (Å²) in [5, 5.41) is 12.4. The molecule has 7 rings (SSSR count). The predicted octanol–water partition coefficient (Wildman–Crippen LogP) is 8.14. The van der Waals surface area contributed by atoms with Gasteiger partial charge in [-0.1, -0.05) is 147 Å². The van der Waals surface area contributed by atoms with Crippen molar-refractivity contribution in [3.63, 3.8) is 0 Å². The molecule has 13 nitrogen and oxygen atoms in total. The quantitative estimate of drug-likeness (QED) is 0.0535. The van der Waals surface area contributed by atoms with E-state index in [1.807, 2.05) is 121 Å². The van der Waals surface area contributed by atoms with Crippen molar-refractivity contribution < 1.29 is 61.6 Å². The average molecular weight is 905 g/mol. The smallest absolute Gasteiger partial charge is 0.305 e. The first-order valence-electron chi connectivity index (χ1n) is 22.4. The highest BCUT2D eigenvalue weighted by molar-refractivity contribution is 6.07. The van der Waals surface area contributed by atoms with Crippen LogP contribution in [-0.4, -0.2) is 99.4 Å². The molecule has 0 aromatic heterocycles. The van der Waals surface area contributed by atoms with E-state index in [0.717, 1.165) is 60.8 Å². The molecular weight excluding hydrogens is 844 g/mol. The summed E-state index contributed by atoms with van der Waals surface area (Å²) in [4.78, 5) is 11.5. The average Bonchev–Trinajstić information content (AvgIpc) is 3.34. The Balaban J connectivity index is 1.14. The molecule has 14 heteroatoms. The molecule has 1 N–H and O–H groups in total. The Morgan fingerprint density at radius 1 is 0.625 bits per heavy atom. The van der Waals surface area contributed by atoms with Crippen molar-refractivity contribution in [1.82, 2.24) is 0 Å². The van der Waals surface area contributed by atoms with Gasteiger partial charge < -0.3 is 52.5 Å². The SMILES string of the molecule is COC(=O)CCCCCCCCO[C@H]1O[C@@H]2COC(c3ccccc3)O[C@H]2[C@H](O)[C@H]1O[C@H]1O[C@H](COCl)[C@@H](OCc2ccccc2)[C@H](OCc2ccccc2)[C@H]1OCc1ccccc1. The molecule has 3 saturated heterocycles. The number of aliphatic hydroxyl groups excluding tert-OH is 1. The highest BCUT2D eigenvalue weighted by Gasteiger charge is 2.55. The summed E-state index contributed by atoms with van der Waals surface area (Å²) >= 11 is 6.00. The lowest BCUT2D eigenvalue weighted by Crippen LogP contribution is -2.66. The van der Waals surface area contributed by atoms with Crippen LogP contribution in [0.1, 0.15) is 73.5 Å². The lowest BCUT2D eigenvalue weighted by Gasteiger charge is -2.50. The number of hydrogen-bond donors (Lipinski definition) is 1. The summed E-state index contributed by atoms with van der Waals surface area (Å²) in [6, 6.07) is 39.0. The lowest BCUT2D eigenvalue weighted by molar-refractivity contribution is -0.397. The summed E-state index contributed by atoms with van der Waals surface area (Å²) in [6.07, 6.45) is -4.25. The Morgan fingerprint density at radius 3 is 1.77 bits per heavy atom. The zero-order chi connectivity index (χ0) is 44.4. The summed E-state index contributed by atoms with van der Waals surface area (Å²) in [5.41, 5.74) is 3.63. The largest absolute Gasteiger partial charge is 0.469 e. The van der Waals surface area contributed by atoms with Gasteiger partial charge in [-0.25, -0.2) is 0 Å². The molecule has 1 unspecified atom stereocenters. The second-order valence-corrected chi connectivity index (χ2v) is 16.4. The fraction of sp³-hybridized carbons (Fsp3) is 0.500. The zero-order valence-electron chi connectivity index (χ0n) is 36.3. The van der Waals surface area contributed by atoms with Crippen LogP contribution >= 0.6 is 11.9 Å². The number of esters is 1. The van der Waals surface area contributed by atoms with E-state index in [-0.39, 0.29) is 39.0 Å². The predicted molar refractivity (Wildman–Crippen MR) is 235 cm³/mol. The number of carbonyl (C=O) groups excluding carboxylic acids is 1. The van der Waals surface area contributed by atoms with Crippen LogP contribution < -0.4 is 0 Å². The number of methoxy groups -OCH3 is 1. The number of unbranched alkanes of at least 4 members (excludes halogenated alkanes) is 5. The summed E-state index contributed by atoms with van der Waals surface area (Å²) in [6.45, 7) is 1.10. The van der Waals surface area contributed by atoms with Crippen LogP contribution in [0, 0.1) is 0 Å². The molecule has 3 aliphatic rings. The molecule has 3 fully saturated rings. The van der Waals surface area contributed by atoms with Crippen molar-refractivity contribution in [3.05, 3.63) is 144 Å². The highest BCUT2D eigenvalue weighted by atomic mass is 35.5. The first kappa shape index (κ1) is 48.1. The first-order chi connectivity index (χ1) is 31.5. The second-order valence-electron chi connectivity index (χ2n) is 16.2. The molecule has 3 aliphatic heterocycles. The number of aliphatic hydroxyl groups is 1. The minimum absolute atomic E-state index is 0.0757. The topological polar surface area (TPSA) is 139 Å². The molecule has 4 aromatic rings. The number of hydrogen-bond acceptors (Lipinski definition) is 13. The van der Waals surface area contributed by atoms with Crippen LogP contribution in [0.15, 0.2) is 121 Å². The Bertz CT molecular complexity index is 1900. The Labute approximate surface area is 381 Å². The maximum Gasteiger partial charge on any atom is 0.305 e. The van der Waals surface area contributed by atoms with Crippen LogP contribution in [0.2, 0.25) is 0 Å². The van der Waals surface area contributed by atoms with E-state index >= 15 is 0 Å². The highest BCUT2D eigenvalue weighted by Crippen LogP contribution is 2.38. The van der Waals surface area contributed by atoms with Gasteiger partial charge in [0, 0.05) is 18.6 Å². The zero-order valence-corrected chi connectivity index (χ0v) is 37.1. The van der Waals surface area contributed by atoms with Gasteiger partial charge in [-0.05, 0) is 29.5 Å². The van der Waals surface area contributed by atoms with Crippen molar-refractivity contribution in [1.29, 1.82) is 0 Å². The number of carbonyl (C=O) groups is 1.